The Kier molecular flexibility index (Phi) is 4.86. The Morgan fingerprint density at radius 2 is 1.42 bits per heavy atom. The van der Waals surface area contributed by atoms with E-state index in [4.69, 9.17) is 16.0 Å². The van der Waals surface area contributed by atoms with Crippen molar-refractivity contribution >= 4 is 33.9 Å². The van der Waals surface area contributed by atoms with Crippen molar-refractivity contribution in [3.05, 3.63) is 90.0 Å². The van der Waals surface area contributed by atoms with Crippen molar-refractivity contribution in [3.8, 4) is 6.07 Å². The number of nitriles is 1. The molecule has 118 valence electrons. The molecule has 3 rings (SSSR count). The van der Waals surface area contributed by atoms with Crippen LogP contribution in [0.2, 0.25) is 0 Å². The second-order valence-electron chi connectivity index (χ2n) is 5.46. The molecule has 0 radical (unpaired) electrons. The average Bonchev–Trinajstić information content (AvgIpc) is 2.63. The molecule has 2 nitrogen and oxygen atoms in total. The third kappa shape index (κ3) is 3.29. The van der Waals surface area contributed by atoms with E-state index in [-0.39, 0.29) is 0 Å². The maximum Gasteiger partial charge on any atom is 0.116 e. The lowest BCUT2D eigenvalue weighted by molar-refractivity contribution is 1.40. The van der Waals surface area contributed by atoms with Crippen LogP contribution in [0.25, 0.3) is 0 Å². The van der Waals surface area contributed by atoms with Gasteiger partial charge in [-0.05, 0) is 24.6 Å². The first kappa shape index (κ1) is 16.5. The van der Waals surface area contributed by atoms with E-state index in [9.17, 15) is 5.26 Å². The summed E-state index contributed by atoms with van der Waals surface area (Å²) < 4.78 is 4.92. The second-order valence-corrected chi connectivity index (χ2v) is 9.27. The van der Waals surface area contributed by atoms with Crippen LogP contribution >= 0.6 is 17.6 Å². The van der Waals surface area contributed by atoms with E-state index in [0.29, 0.717) is 11.3 Å². The van der Waals surface area contributed by atoms with Crippen LogP contribution in [0.15, 0.2) is 83.6 Å². The minimum absolute atomic E-state index is 0.539. The highest BCUT2D eigenvalue weighted by Crippen LogP contribution is 2.55. The van der Waals surface area contributed by atoms with Gasteiger partial charge in [-0.25, -0.2) is 4.74 Å². The van der Waals surface area contributed by atoms with Crippen molar-refractivity contribution in [1.29, 1.82) is 5.26 Å². The van der Waals surface area contributed by atoms with Gasteiger partial charge in [-0.2, -0.15) is 5.26 Å². The van der Waals surface area contributed by atoms with Crippen molar-refractivity contribution in [3.63, 3.8) is 0 Å². The Labute approximate surface area is 147 Å². The molecule has 0 aliphatic rings. The lowest BCUT2D eigenvalue weighted by Crippen LogP contribution is -2.11. The van der Waals surface area contributed by atoms with Gasteiger partial charge in [0.05, 0.1) is 11.3 Å². The molecular weight excluding hydrogens is 335 g/mol. The van der Waals surface area contributed by atoms with E-state index in [0.717, 1.165) is 16.2 Å². The molecule has 3 aromatic rings. The Morgan fingerprint density at radius 1 is 0.875 bits per heavy atom. The maximum absolute atomic E-state index is 9.41. The quantitative estimate of drug-likeness (QED) is 0.574. The van der Waals surface area contributed by atoms with Crippen molar-refractivity contribution in [1.82, 2.24) is 0 Å². The Hall–Kier alpha value is -2.33. The normalized spacial score (nSPS) is 10.9. The van der Waals surface area contributed by atoms with E-state index >= 15 is 0 Å². The first-order valence-corrected chi connectivity index (χ1v) is 10.2. The van der Waals surface area contributed by atoms with Crippen molar-refractivity contribution in [2.75, 3.05) is 0 Å². The Balaban J connectivity index is 2.32. The molecular formula is C20H16ClN2P. The number of halogens is 1. The van der Waals surface area contributed by atoms with Crippen LogP contribution < -0.4 is 10.6 Å². The van der Waals surface area contributed by atoms with Gasteiger partial charge in [0.1, 0.15) is 12.5 Å². The number of rotatable bonds is 3. The van der Waals surface area contributed by atoms with Gasteiger partial charge in [-0.3, -0.25) is 0 Å². The summed E-state index contributed by atoms with van der Waals surface area (Å²) in [7, 11) is 0. The summed E-state index contributed by atoms with van der Waals surface area (Å²) in [4.78, 5) is 0. The first-order valence-electron chi connectivity index (χ1n) is 7.57. The van der Waals surface area contributed by atoms with E-state index in [1.165, 1.54) is 0 Å². The van der Waals surface area contributed by atoms with Gasteiger partial charge < -0.3 is 0 Å². The highest BCUT2D eigenvalue weighted by Gasteiger charge is 2.22. The molecule has 0 atom stereocenters. The first-order chi connectivity index (χ1) is 11.6. The Morgan fingerprint density at radius 3 is 1.92 bits per heavy atom. The summed E-state index contributed by atoms with van der Waals surface area (Å²) in [6.07, 6.45) is -2.51. The fourth-order valence-corrected chi connectivity index (χ4v) is 5.53. The molecule has 0 aliphatic heterocycles. The second kappa shape index (κ2) is 7.05. The van der Waals surface area contributed by atoms with E-state index in [1.807, 2.05) is 79.7 Å². The molecule has 0 aliphatic carbocycles. The van der Waals surface area contributed by atoms with Crippen LogP contribution in [-0.2, 0) is 0 Å². The summed E-state index contributed by atoms with van der Waals surface area (Å²) in [6.45, 7) is 1.99. The van der Waals surface area contributed by atoms with Gasteiger partial charge in [0, 0.05) is 10.6 Å². The lowest BCUT2D eigenvalue weighted by atomic mass is 10.1. The molecule has 0 aromatic heterocycles. The summed E-state index contributed by atoms with van der Waals surface area (Å²) in [5.74, 6) is 0. The van der Waals surface area contributed by atoms with E-state index < -0.39 is 6.41 Å². The van der Waals surface area contributed by atoms with Crippen molar-refractivity contribution in [2.45, 2.75) is 6.92 Å². The van der Waals surface area contributed by atoms with Crippen molar-refractivity contribution < 1.29 is 0 Å². The molecule has 0 heterocycles. The monoisotopic (exact) mass is 350 g/mol. The van der Waals surface area contributed by atoms with Gasteiger partial charge in [0.25, 0.3) is 0 Å². The molecule has 0 saturated heterocycles. The smallest absolute Gasteiger partial charge is 0.116 e. The summed E-state index contributed by atoms with van der Waals surface area (Å²) in [5, 5.41) is 11.4. The molecule has 0 unspecified atom stereocenters. The summed E-state index contributed by atoms with van der Waals surface area (Å²) in [6, 6.07) is 27.6. The highest BCUT2D eigenvalue weighted by molar-refractivity contribution is 8.02. The largest absolute Gasteiger partial charge is 0.241 e. The van der Waals surface area contributed by atoms with Crippen molar-refractivity contribution in [2.24, 2.45) is 4.74 Å². The maximum atomic E-state index is 9.41. The SMILES string of the molecule is Cc1ccc(C#N)c(N=P(Cl)(c2ccccc2)c2ccccc2)c1. The standard InChI is InChI=1S/C20H16ClN2P/c1-16-12-13-17(15-22)20(14-16)23-24(21,18-8-4-2-5-9-18)19-10-6-3-7-11-19/h2-14H,1H3. The third-order valence-electron chi connectivity index (χ3n) is 3.72. The minimum Gasteiger partial charge on any atom is -0.241 e. The van der Waals surface area contributed by atoms with Crippen LogP contribution in [0, 0.1) is 18.3 Å². The van der Waals surface area contributed by atoms with E-state index in [1.54, 1.807) is 6.07 Å². The molecule has 0 N–H and O–H groups in total. The molecule has 3 aromatic carbocycles. The zero-order chi connectivity index (χ0) is 17.0. The third-order valence-corrected chi connectivity index (χ3v) is 7.57. The fourth-order valence-electron chi connectivity index (χ4n) is 2.48. The van der Waals surface area contributed by atoms with Crippen LogP contribution in [0.5, 0.6) is 0 Å². The van der Waals surface area contributed by atoms with Crippen LogP contribution in [0.1, 0.15) is 11.1 Å². The zero-order valence-corrected chi connectivity index (χ0v) is 14.9. The van der Waals surface area contributed by atoms with Gasteiger partial charge in [-0.15, -0.1) is 0 Å². The van der Waals surface area contributed by atoms with Gasteiger partial charge >= 0.3 is 0 Å². The molecule has 0 saturated carbocycles. The molecule has 0 fully saturated rings. The van der Waals surface area contributed by atoms with E-state index in [2.05, 4.69) is 6.07 Å². The molecule has 0 spiro atoms. The molecule has 24 heavy (non-hydrogen) atoms. The number of hydrogen-bond donors (Lipinski definition) is 0. The van der Waals surface area contributed by atoms with Crippen LogP contribution in [0.4, 0.5) is 5.69 Å². The number of nitrogens with zero attached hydrogens (tertiary/aromatic N) is 2. The minimum atomic E-state index is -2.51. The zero-order valence-electron chi connectivity index (χ0n) is 13.2. The highest BCUT2D eigenvalue weighted by atomic mass is 35.7. The average molecular weight is 351 g/mol. The Bertz CT molecular complexity index is 901. The van der Waals surface area contributed by atoms with Gasteiger partial charge in [0.2, 0.25) is 0 Å². The topological polar surface area (TPSA) is 36.1 Å². The lowest BCUT2D eigenvalue weighted by Gasteiger charge is -2.19. The van der Waals surface area contributed by atoms with Crippen LogP contribution in [-0.4, -0.2) is 0 Å². The molecule has 0 bridgehead atoms. The number of aryl methyl sites for hydroxylation is 1. The van der Waals surface area contributed by atoms with Gasteiger partial charge in [0.15, 0.2) is 0 Å². The van der Waals surface area contributed by atoms with Crippen LogP contribution in [0.3, 0.4) is 0 Å². The summed E-state index contributed by atoms with van der Waals surface area (Å²) >= 11 is 7.14. The summed E-state index contributed by atoms with van der Waals surface area (Å²) in [5.41, 5.74) is 2.24. The van der Waals surface area contributed by atoms with Gasteiger partial charge in [-0.1, -0.05) is 78.0 Å². The fraction of sp³-hybridized carbons (Fsp3) is 0.0500. The molecule has 4 heteroatoms. The number of benzene rings is 3. The predicted molar refractivity (Wildman–Crippen MR) is 103 cm³/mol. The predicted octanol–water partition coefficient (Wildman–Crippen LogP) is 5.50. The number of hydrogen-bond acceptors (Lipinski definition) is 2. The molecule has 0 amide bonds.